The summed E-state index contributed by atoms with van der Waals surface area (Å²) in [5, 5.41) is 8.49. The predicted molar refractivity (Wildman–Crippen MR) is 43.6 cm³/mol. The molecular formula is C7H7MgNO2. The quantitative estimate of drug-likeness (QED) is 0.468. The van der Waals surface area contributed by atoms with Gasteiger partial charge in [-0.3, -0.25) is 0 Å². The molecule has 0 bridgehead atoms. The Labute approximate surface area is 80.4 Å². The fraction of sp³-hybridized carbons (Fsp3) is 0. The monoisotopic (exact) mass is 161 g/mol. The molecule has 1 aromatic carbocycles. The van der Waals surface area contributed by atoms with Crippen molar-refractivity contribution in [3.05, 3.63) is 29.8 Å². The summed E-state index contributed by atoms with van der Waals surface area (Å²) in [6.45, 7) is 0. The molecule has 0 atom stereocenters. The lowest BCUT2D eigenvalue weighted by Crippen LogP contribution is -2.00. The number of aromatic carboxylic acids is 1. The molecule has 0 saturated heterocycles. The van der Waals surface area contributed by atoms with E-state index in [2.05, 4.69) is 0 Å². The van der Waals surface area contributed by atoms with Crippen molar-refractivity contribution in [2.75, 3.05) is 5.73 Å². The van der Waals surface area contributed by atoms with E-state index in [1.807, 2.05) is 0 Å². The van der Waals surface area contributed by atoms with Gasteiger partial charge in [-0.05, 0) is 12.1 Å². The maximum Gasteiger partial charge on any atom is 0.337 e. The molecule has 0 aliphatic carbocycles. The van der Waals surface area contributed by atoms with E-state index in [1.165, 1.54) is 6.07 Å². The van der Waals surface area contributed by atoms with Gasteiger partial charge in [0.15, 0.2) is 0 Å². The molecule has 0 saturated carbocycles. The first-order valence-corrected chi connectivity index (χ1v) is 2.79. The zero-order valence-electron chi connectivity index (χ0n) is 5.95. The van der Waals surface area contributed by atoms with Crippen molar-refractivity contribution in [1.29, 1.82) is 0 Å². The van der Waals surface area contributed by atoms with Crippen LogP contribution in [0.15, 0.2) is 24.3 Å². The van der Waals surface area contributed by atoms with Crippen LogP contribution in [0.3, 0.4) is 0 Å². The minimum atomic E-state index is -0.988. The lowest BCUT2D eigenvalue weighted by atomic mass is 10.2. The zero-order valence-corrected chi connectivity index (χ0v) is 7.36. The third-order valence-electron chi connectivity index (χ3n) is 1.19. The van der Waals surface area contributed by atoms with Crippen molar-refractivity contribution in [2.45, 2.75) is 0 Å². The second kappa shape index (κ2) is 4.20. The van der Waals surface area contributed by atoms with Crippen LogP contribution in [0.2, 0.25) is 0 Å². The van der Waals surface area contributed by atoms with E-state index in [-0.39, 0.29) is 28.6 Å². The molecule has 1 aromatic rings. The number of rotatable bonds is 1. The van der Waals surface area contributed by atoms with Gasteiger partial charge in [-0.2, -0.15) is 0 Å². The summed E-state index contributed by atoms with van der Waals surface area (Å²) >= 11 is 0. The highest BCUT2D eigenvalue weighted by Crippen LogP contribution is 2.08. The SMILES string of the molecule is Nc1ccccc1C(=O)O.[Mg]. The van der Waals surface area contributed by atoms with Crippen LogP contribution in [0.4, 0.5) is 5.69 Å². The second-order valence-electron chi connectivity index (χ2n) is 1.89. The number of benzene rings is 1. The summed E-state index contributed by atoms with van der Waals surface area (Å²) in [6.07, 6.45) is 0. The molecule has 3 nitrogen and oxygen atoms in total. The Bertz CT molecular complexity index is 262. The van der Waals surface area contributed by atoms with Crippen LogP contribution in [-0.2, 0) is 0 Å². The predicted octanol–water partition coefficient (Wildman–Crippen LogP) is 0.586. The number of para-hydroxylation sites is 1. The summed E-state index contributed by atoms with van der Waals surface area (Å²) in [5.41, 5.74) is 5.80. The molecule has 2 radical (unpaired) electrons. The van der Waals surface area contributed by atoms with Crippen molar-refractivity contribution in [3.63, 3.8) is 0 Å². The van der Waals surface area contributed by atoms with Crippen LogP contribution in [0.5, 0.6) is 0 Å². The third-order valence-corrected chi connectivity index (χ3v) is 1.19. The minimum Gasteiger partial charge on any atom is -0.478 e. The van der Waals surface area contributed by atoms with Crippen molar-refractivity contribution >= 4 is 34.7 Å². The third kappa shape index (κ3) is 2.40. The summed E-state index contributed by atoms with van der Waals surface area (Å²) < 4.78 is 0. The number of carboxylic acids is 1. The minimum absolute atomic E-state index is 0. The number of hydrogen-bond donors (Lipinski definition) is 2. The molecule has 0 heterocycles. The molecule has 0 unspecified atom stereocenters. The van der Waals surface area contributed by atoms with Gasteiger partial charge < -0.3 is 10.8 Å². The Morgan fingerprint density at radius 1 is 1.36 bits per heavy atom. The second-order valence-corrected chi connectivity index (χ2v) is 1.89. The van der Waals surface area contributed by atoms with Crippen molar-refractivity contribution in [3.8, 4) is 0 Å². The number of anilines is 1. The lowest BCUT2D eigenvalue weighted by Gasteiger charge is -1.96. The van der Waals surface area contributed by atoms with Gasteiger partial charge in [0.1, 0.15) is 0 Å². The normalized spacial score (nSPS) is 8.36. The highest BCUT2D eigenvalue weighted by atomic mass is 24.3. The van der Waals surface area contributed by atoms with E-state index >= 15 is 0 Å². The van der Waals surface area contributed by atoms with Crippen LogP contribution in [-0.4, -0.2) is 34.1 Å². The molecular weight excluding hydrogens is 154 g/mol. The molecule has 0 amide bonds. The molecule has 0 aromatic heterocycles. The van der Waals surface area contributed by atoms with E-state index in [0.29, 0.717) is 5.69 Å². The van der Waals surface area contributed by atoms with Crippen LogP contribution < -0.4 is 5.73 Å². The van der Waals surface area contributed by atoms with E-state index < -0.39 is 5.97 Å². The van der Waals surface area contributed by atoms with Crippen LogP contribution in [0.1, 0.15) is 10.4 Å². The van der Waals surface area contributed by atoms with Crippen LogP contribution in [0.25, 0.3) is 0 Å². The Morgan fingerprint density at radius 2 is 1.91 bits per heavy atom. The van der Waals surface area contributed by atoms with Gasteiger partial charge in [0, 0.05) is 28.7 Å². The number of carbonyl (C=O) groups is 1. The highest BCUT2D eigenvalue weighted by molar-refractivity contribution is 5.93. The number of nitrogen functional groups attached to an aromatic ring is 1. The standard InChI is InChI=1S/C7H7NO2.Mg/c8-6-4-2-1-3-5(6)7(9)10;/h1-4H,8H2,(H,9,10);. The van der Waals surface area contributed by atoms with E-state index in [9.17, 15) is 4.79 Å². The van der Waals surface area contributed by atoms with Gasteiger partial charge >= 0.3 is 5.97 Å². The van der Waals surface area contributed by atoms with Crippen LogP contribution >= 0.6 is 0 Å². The highest BCUT2D eigenvalue weighted by Gasteiger charge is 2.03. The van der Waals surface area contributed by atoms with Crippen molar-refractivity contribution in [2.24, 2.45) is 0 Å². The van der Waals surface area contributed by atoms with E-state index in [4.69, 9.17) is 10.8 Å². The first kappa shape index (κ1) is 10.3. The van der Waals surface area contributed by atoms with Gasteiger partial charge in [-0.15, -0.1) is 0 Å². The average molecular weight is 161 g/mol. The number of carboxylic acid groups (broad SMARTS) is 1. The van der Waals surface area contributed by atoms with Gasteiger partial charge in [0.2, 0.25) is 0 Å². The zero-order chi connectivity index (χ0) is 7.56. The first-order chi connectivity index (χ1) is 4.72. The molecule has 54 valence electrons. The Balaban J connectivity index is 0.000001000. The average Bonchev–Trinajstić information content (AvgIpc) is 1.88. The molecule has 0 spiro atoms. The summed E-state index contributed by atoms with van der Waals surface area (Å²) in [4.78, 5) is 10.3. The summed E-state index contributed by atoms with van der Waals surface area (Å²) in [5.74, 6) is -0.988. The Hall–Kier alpha value is -0.744. The Kier molecular flexibility index (Phi) is 3.92. The smallest absolute Gasteiger partial charge is 0.337 e. The molecule has 0 aliphatic heterocycles. The van der Waals surface area contributed by atoms with Crippen LogP contribution in [0, 0.1) is 0 Å². The molecule has 0 aliphatic rings. The van der Waals surface area contributed by atoms with Crippen molar-refractivity contribution < 1.29 is 9.90 Å². The maximum absolute atomic E-state index is 10.3. The van der Waals surface area contributed by atoms with Gasteiger partial charge in [0.25, 0.3) is 0 Å². The molecule has 1 rings (SSSR count). The first-order valence-electron chi connectivity index (χ1n) is 2.79. The van der Waals surface area contributed by atoms with Gasteiger partial charge in [-0.1, -0.05) is 12.1 Å². The summed E-state index contributed by atoms with van der Waals surface area (Å²) in [6, 6.07) is 6.36. The number of hydrogen-bond acceptors (Lipinski definition) is 2. The van der Waals surface area contributed by atoms with E-state index in [0.717, 1.165) is 0 Å². The fourth-order valence-corrected chi connectivity index (χ4v) is 0.692. The molecule has 0 fully saturated rings. The van der Waals surface area contributed by atoms with E-state index in [1.54, 1.807) is 18.2 Å². The number of nitrogens with two attached hydrogens (primary N) is 1. The Morgan fingerprint density at radius 3 is 2.27 bits per heavy atom. The van der Waals surface area contributed by atoms with Crippen molar-refractivity contribution in [1.82, 2.24) is 0 Å². The maximum atomic E-state index is 10.3. The molecule has 4 heteroatoms. The molecule has 3 N–H and O–H groups in total. The fourth-order valence-electron chi connectivity index (χ4n) is 0.692. The van der Waals surface area contributed by atoms with Gasteiger partial charge in [0.05, 0.1) is 5.56 Å². The topological polar surface area (TPSA) is 63.3 Å². The van der Waals surface area contributed by atoms with Gasteiger partial charge in [-0.25, -0.2) is 4.79 Å². The molecule has 11 heavy (non-hydrogen) atoms. The lowest BCUT2D eigenvalue weighted by molar-refractivity contribution is 0.0698. The summed E-state index contributed by atoms with van der Waals surface area (Å²) in [7, 11) is 0. The largest absolute Gasteiger partial charge is 0.478 e.